The van der Waals surface area contributed by atoms with E-state index in [0.29, 0.717) is 10.9 Å². The van der Waals surface area contributed by atoms with E-state index in [0.717, 1.165) is 27.0 Å². The molecule has 3 N–H and O–H groups in total. The maximum atomic E-state index is 12.9. The average molecular weight is 432 g/mol. The molecule has 1 aliphatic rings. The van der Waals surface area contributed by atoms with Gasteiger partial charge in [-0.1, -0.05) is 34.6 Å². The summed E-state index contributed by atoms with van der Waals surface area (Å²) in [5.74, 6) is 1.00. The van der Waals surface area contributed by atoms with Crippen molar-refractivity contribution in [1.29, 1.82) is 0 Å². The van der Waals surface area contributed by atoms with Crippen LogP contribution in [0.25, 0.3) is 11.3 Å². The molecular formula is C18H16BrN4O2S+. The van der Waals surface area contributed by atoms with E-state index in [1.165, 1.54) is 11.8 Å². The smallest absolute Gasteiger partial charge is 0.325 e. The molecule has 0 fully saturated rings. The molecular weight excluding hydrogens is 416 g/mol. The Morgan fingerprint density at radius 3 is 2.77 bits per heavy atom. The van der Waals surface area contributed by atoms with Gasteiger partial charge < -0.3 is 10.4 Å². The highest BCUT2D eigenvalue weighted by Gasteiger charge is 2.37. The van der Waals surface area contributed by atoms with E-state index in [4.69, 9.17) is 0 Å². The van der Waals surface area contributed by atoms with Gasteiger partial charge in [0.2, 0.25) is 5.16 Å². The molecule has 6 nitrogen and oxygen atoms in total. The van der Waals surface area contributed by atoms with E-state index in [1.807, 2.05) is 37.3 Å². The molecule has 26 heavy (non-hydrogen) atoms. The first-order chi connectivity index (χ1) is 12.6. The molecule has 0 saturated carbocycles. The maximum Gasteiger partial charge on any atom is 0.325 e. The summed E-state index contributed by atoms with van der Waals surface area (Å²) in [4.78, 5) is 15.7. The molecule has 0 saturated heterocycles. The summed E-state index contributed by atoms with van der Waals surface area (Å²) in [6, 6.07) is 12.7. The number of phenolic OH excluding ortho intramolecular Hbond substituents is 1. The Morgan fingerprint density at radius 2 is 2.04 bits per heavy atom. The van der Waals surface area contributed by atoms with Crippen LogP contribution < -0.4 is 15.6 Å². The second-order valence-corrected chi connectivity index (χ2v) is 7.98. The van der Waals surface area contributed by atoms with Crippen LogP contribution in [-0.2, 0) is 0 Å². The average Bonchev–Trinajstić information content (AvgIpc) is 2.62. The van der Waals surface area contributed by atoms with Crippen LogP contribution in [0.2, 0.25) is 0 Å². The zero-order chi connectivity index (χ0) is 18.3. The molecule has 1 atom stereocenters. The number of aromatic amines is 1. The van der Waals surface area contributed by atoms with Crippen molar-refractivity contribution >= 4 is 33.4 Å². The maximum absolute atomic E-state index is 12.9. The zero-order valence-corrected chi connectivity index (χ0v) is 16.3. The van der Waals surface area contributed by atoms with Crippen LogP contribution in [-0.4, -0.2) is 20.9 Å². The van der Waals surface area contributed by atoms with E-state index >= 15 is 0 Å². The first-order valence-electron chi connectivity index (χ1n) is 8.11. The number of benzene rings is 2. The van der Waals surface area contributed by atoms with E-state index < -0.39 is 0 Å². The van der Waals surface area contributed by atoms with Crippen LogP contribution in [0.1, 0.15) is 18.7 Å². The highest BCUT2D eigenvalue weighted by Crippen LogP contribution is 2.34. The lowest BCUT2D eigenvalue weighted by Gasteiger charge is -2.22. The second kappa shape index (κ2) is 6.77. The Balaban J connectivity index is 1.96. The lowest BCUT2D eigenvalue weighted by atomic mass is 10.0. The number of hydrogen-bond acceptors (Lipinski definition) is 5. The standard InChI is InChI=1S/C18H15BrN4O2S/c1-2-26-18-21-17(25)15-13-9-11(19)5-8-14(13)20-16(23(15)22-18)10-3-6-12(24)7-4-10/h3-9,16H,2H2,1H3,(H2,21,22,24,25)/p+1/t16-/m1/s1. The van der Waals surface area contributed by atoms with Crippen molar-refractivity contribution in [2.45, 2.75) is 18.2 Å². The van der Waals surface area contributed by atoms with Gasteiger partial charge in [-0.15, -0.1) is 0 Å². The number of anilines is 1. The number of phenols is 1. The fourth-order valence-electron chi connectivity index (χ4n) is 3.00. The molecule has 2 heterocycles. The second-order valence-electron chi connectivity index (χ2n) is 5.81. The fourth-order valence-corrected chi connectivity index (χ4v) is 3.94. The number of rotatable bonds is 3. The molecule has 1 aromatic heterocycles. The Labute approximate surface area is 162 Å². The normalized spacial score (nSPS) is 15.1. The molecule has 2 aromatic carbocycles. The van der Waals surface area contributed by atoms with Gasteiger partial charge in [0, 0.05) is 15.1 Å². The van der Waals surface area contributed by atoms with Crippen molar-refractivity contribution in [2.24, 2.45) is 0 Å². The number of H-pyrrole nitrogens is 1. The van der Waals surface area contributed by atoms with Gasteiger partial charge in [0.25, 0.3) is 6.17 Å². The molecule has 0 aliphatic carbocycles. The predicted octanol–water partition coefficient (Wildman–Crippen LogP) is 3.28. The minimum atomic E-state index is -0.349. The number of thioether (sulfide) groups is 1. The van der Waals surface area contributed by atoms with Gasteiger partial charge in [0.05, 0.1) is 11.3 Å². The summed E-state index contributed by atoms with van der Waals surface area (Å²) >= 11 is 4.95. The summed E-state index contributed by atoms with van der Waals surface area (Å²) < 4.78 is 2.61. The number of nitrogens with zero attached hydrogens (tertiary/aromatic N) is 2. The van der Waals surface area contributed by atoms with Gasteiger partial charge in [0.1, 0.15) is 5.75 Å². The first-order valence-corrected chi connectivity index (χ1v) is 9.89. The van der Waals surface area contributed by atoms with E-state index in [-0.39, 0.29) is 17.5 Å². The Kier molecular flexibility index (Phi) is 4.46. The van der Waals surface area contributed by atoms with Crippen molar-refractivity contribution in [2.75, 3.05) is 11.1 Å². The van der Waals surface area contributed by atoms with E-state index in [9.17, 15) is 9.90 Å². The van der Waals surface area contributed by atoms with Gasteiger partial charge in [-0.05, 0) is 52.9 Å². The molecule has 4 rings (SSSR count). The molecule has 0 spiro atoms. The third-order valence-corrected chi connectivity index (χ3v) is 5.37. The lowest BCUT2D eigenvalue weighted by molar-refractivity contribution is -0.759. The SMILES string of the molecule is CCSc1n[n+]2c(c(=O)[nH]1)-c1cc(Br)ccc1N[C@H]2c1ccc(O)cc1. The van der Waals surface area contributed by atoms with Crippen LogP contribution in [0.5, 0.6) is 5.75 Å². The molecule has 132 valence electrons. The van der Waals surface area contributed by atoms with Crippen LogP contribution in [0, 0.1) is 0 Å². The summed E-state index contributed by atoms with van der Waals surface area (Å²) in [5, 5.41) is 18.3. The molecule has 0 bridgehead atoms. The number of fused-ring (bicyclic) bond motifs is 3. The molecule has 1 aliphatic heterocycles. The molecule has 0 unspecified atom stereocenters. The van der Waals surface area contributed by atoms with Gasteiger partial charge in [-0.3, -0.25) is 9.78 Å². The third-order valence-electron chi connectivity index (χ3n) is 4.13. The van der Waals surface area contributed by atoms with Gasteiger partial charge in [-0.25, -0.2) is 0 Å². The quantitative estimate of drug-likeness (QED) is 0.437. The van der Waals surface area contributed by atoms with Crippen LogP contribution in [0.15, 0.2) is 56.9 Å². The van der Waals surface area contributed by atoms with Gasteiger partial charge in [0.15, 0.2) is 0 Å². The van der Waals surface area contributed by atoms with Crippen molar-refractivity contribution in [1.82, 2.24) is 10.1 Å². The highest BCUT2D eigenvalue weighted by molar-refractivity contribution is 9.10. The summed E-state index contributed by atoms with van der Waals surface area (Å²) in [6.45, 7) is 2.01. The predicted molar refractivity (Wildman–Crippen MR) is 104 cm³/mol. The van der Waals surface area contributed by atoms with Gasteiger partial charge in [-0.2, -0.15) is 0 Å². The van der Waals surface area contributed by atoms with E-state index in [1.54, 1.807) is 16.8 Å². The third kappa shape index (κ3) is 2.99. The van der Waals surface area contributed by atoms with Crippen LogP contribution in [0.4, 0.5) is 5.69 Å². The number of hydrogen-bond donors (Lipinski definition) is 3. The van der Waals surface area contributed by atoms with Crippen molar-refractivity contribution < 1.29 is 9.79 Å². The van der Waals surface area contributed by atoms with Crippen molar-refractivity contribution in [3.8, 4) is 17.0 Å². The number of halogens is 1. The highest BCUT2D eigenvalue weighted by atomic mass is 79.9. The fraction of sp³-hybridized carbons (Fsp3) is 0.167. The zero-order valence-electron chi connectivity index (χ0n) is 13.9. The molecule has 8 heteroatoms. The largest absolute Gasteiger partial charge is 0.508 e. The minimum Gasteiger partial charge on any atom is -0.508 e. The lowest BCUT2D eigenvalue weighted by Crippen LogP contribution is -2.55. The first kappa shape index (κ1) is 17.1. The number of aromatic nitrogens is 3. The summed E-state index contributed by atoms with van der Waals surface area (Å²) in [7, 11) is 0. The summed E-state index contributed by atoms with van der Waals surface area (Å²) in [5.41, 5.74) is 2.86. The monoisotopic (exact) mass is 431 g/mol. The minimum absolute atomic E-state index is 0.180. The Bertz CT molecular complexity index is 1040. The topological polar surface area (TPSA) is 81.9 Å². The molecule has 3 aromatic rings. The Hall–Kier alpha value is -2.32. The molecule has 0 amide bonds. The number of aromatic hydroxyl groups is 1. The summed E-state index contributed by atoms with van der Waals surface area (Å²) in [6.07, 6.45) is -0.349. The van der Waals surface area contributed by atoms with E-state index in [2.05, 4.69) is 31.3 Å². The van der Waals surface area contributed by atoms with Crippen molar-refractivity contribution in [3.05, 3.63) is 62.9 Å². The molecule has 0 radical (unpaired) electrons. The van der Waals surface area contributed by atoms with Gasteiger partial charge >= 0.3 is 11.3 Å². The van der Waals surface area contributed by atoms with Crippen LogP contribution in [0.3, 0.4) is 0 Å². The van der Waals surface area contributed by atoms with Crippen LogP contribution >= 0.6 is 27.7 Å². The number of nitrogens with one attached hydrogen (secondary N) is 2. The Morgan fingerprint density at radius 1 is 1.27 bits per heavy atom. The van der Waals surface area contributed by atoms with Crippen molar-refractivity contribution in [3.63, 3.8) is 0 Å².